The Labute approximate surface area is 129 Å². The van der Waals surface area contributed by atoms with E-state index in [0.29, 0.717) is 24.0 Å². The van der Waals surface area contributed by atoms with Crippen molar-refractivity contribution in [2.75, 3.05) is 0 Å². The molecule has 2 aromatic rings. The van der Waals surface area contributed by atoms with Crippen molar-refractivity contribution < 1.29 is 8.42 Å². The molecule has 0 atom stereocenters. The highest BCUT2D eigenvalue weighted by Gasteiger charge is 2.24. The lowest BCUT2D eigenvalue weighted by molar-refractivity contribution is 0.414. The fourth-order valence-electron chi connectivity index (χ4n) is 2.44. The van der Waals surface area contributed by atoms with Crippen molar-refractivity contribution in [3.05, 3.63) is 30.0 Å². The molecule has 0 fully saturated rings. The second-order valence-corrected chi connectivity index (χ2v) is 8.27. The molecule has 21 heavy (non-hydrogen) atoms. The molecular weight excluding hydrogens is 308 g/mol. The molecule has 0 aliphatic carbocycles. The van der Waals surface area contributed by atoms with E-state index in [0.717, 1.165) is 5.52 Å². The first-order valence-corrected chi connectivity index (χ1v) is 8.92. The van der Waals surface area contributed by atoms with E-state index in [-0.39, 0.29) is 4.90 Å². The van der Waals surface area contributed by atoms with Crippen molar-refractivity contribution >= 4 is 30.6 Å². The SMILES string of the molecule is Cc1c(S(=O)(=O)Cl)c2ccccc2n1CCC(C)(C)C#N. The number of aryl methyl sites for hydroxylation is 1. The molecule has 4 nitrogen and oxygen atoms in total. The topological polar surface area (TPSA) is 62.9 Å². The summed E-state index contributed by atoms with van der Waals surface area (Å²) in [6.07, 6.45) is 0.630. The average Bonchev–Trinajstić information content (AvgIpc) is 2.68. The maximum atomic E-state index is 11.8. The number of nitrogens with zero attached hydrogens (tertiary/aromatic N) is 2. The number of benzene rings is 1. The maximum Gasteiger partial charge on any atom is 0.263 e. The smallest absolute Gasteiger partial charge is 0.263 e. The maximum absolute atomic E-state index is 11.8. The molecule has 6 heteroatoms. The molecule has 0 amide bonds. The Morgan fingerprint density at radius 1 is 1.33 bits per heavy atom. The second-order valence-electron chi connectivity index (χ2n) is 5.77. The van der Waals surface area contributed by atoms with Crippen LogP contribution in [0.3, 0.4) is 0 Å². The van der Waals surface area contributed by atoms with E-state index in [4.69, 9.17) is 15.9 Å². The predicted molar refractivity (Wildman–Crippen MR) is 83.7 cm³/mol. The minimum atomic E-state index is -3.81. The molecule has 0 radical (unpaired) electrons. The Hall–Kier alpha value is -1.51. The van der Waals surface area contributed by atoms with E-state index in [1.54, 1.807) is 19.1 Å². The molecule has 0 aliphatic rings. The number of para-hydroxylation sites is 1. The molecule has 0 bridgehead atoms. The molecule has 0 unspecified atom stereocenters. The fourth-order valence-corrected chi connectivity index (χ4v) is 3.92. The Morgan fingerprint density at radius 3 is 2.52 bits per heavy atom. The summed E-state index contributed by atoms with van der Waals surface area (Å²) in [6.45, 7) is 6.05. The lowest BCUT2D eigenvalue weighted by Gasteiger charge is -2.17. The average molecular weight is 325 g/mol. The molecular formula is C15H17ClN2O2S. The first-order chi connectivity index (χ1) is 9.67. The van der Waals surface area contributed by atoms with E-state index in [9.17, 15) is 8.42 Å². The van der Waals surface area contributed by atoms with Crippen LogP contribution in [0.5, 0.6) is 0 Å². The summed E-state index contributed by atoms with van der Waals surface area (Å²) in [4.78, 5) is 0.162. The highest BCUT2D eigenvalue weighted by molar-refractivity contribution is 8.14. The monoisotopic (exact) mass is 324 g/mol. The van der Waals surface area contributed by atoms with Gasteiger partial charge in [0.2, 0.25) is 0 Å². The number of hydrogen-bond acceptors (Lipinski definition) is 3. The van der Waals surface area contributed by atoms with Gasteiger partial charge in [-0.2, -0.15) is 5.26 Å². The second kappa shape index (κ2) is 5.36. The van der Waals surface area contributed by atoms with Crippen LogP contribution in [-0.2, 0) is 15.6 Å². The summed E-state index contributed by atoms with van der Waals surface area (Å²) in [5.41, 5.74) is 0.973. The number of aromatic nitrogens is 1. The van der Waals surface area contributed by atoms with Crippen molar-refractivity contribution in [3.63, 3.8) is 0 Å². The first kappa shape index (κ1) is 15.9. The summed E-state index contributed by atoms with van der Waals surface area (Å²) in [6, 6.07) is 9.53. The van der Waals surface area contributed by atoms with Crippen molar-refractivity contribution in [3.8, 4) is 6.07 Å². The predicted octanol–water partition coefficient (Wildman–Crippen LogP) is 3.82. The third-order valence-electron chi connectivity index (χ3n) is 3.68. The highest BCUT2D eigenvalue weighted by atomic mass is 35.7. The van der Waals surface area contributed by atoms with Gasteiger partial charge in [-0.1, -0.05) is 18.2 Å². The molecule has 0 aliphatic heterocycles. The molecule has 0 N–H and O–H groups in total. The van der Waals surface area contributed by atoms with Gasteiger partial charge in [-0.05, 0) is 33.3 Å². The van der Waals surface area contributed by atoms with Crippen LogP contribution in [0.1, 0.15) is 26.0 Å². The number of halogens is 1. The van der Waals surface area contributed by atoms with E-state index >= 15 is 0 Å². The third-order valence-corrected chi connectivity index (χ3v) is 5.15. The van der Waals surface area contributed by atoms with Crippen LogP contribution in [0, 0.1) is 23.7 Å². The summed E-state index contributed by atoms with van der Waals surface area (Å²) in [5, 5.41) is 9.74. The number of hydrogen-bond donors (Lipinski definition) is 0. The summed E-state index contributed by atoms with van der Waals surface area (Å²) < 4.78 is 25.6. The molecule has 112 valence electrons. The molecule has 0 spiro atoms. The summed E-state index contributed by atoms with van der Waals surface area (Å²) in [5.74, 6) is 0. The van der Waals surface area contributed by atoms with Gasteiger partial charge in [0.25, 0.3) is 9.05 Å². The molecule has 0 saturated carbocycles. The molecule has 1 heterocycles. The summed E-state index contributed by atoms with van der Waals surface area (Å²) >= 11 is 0. The van der Waals surface area contributed by atoms with Crippen molar-refractivity contribution in [1.29, 1.82) is 5.26 Å². The Balaban J connectivity index is 2.61. The zero-order chi connectivity index (χ0) is 15.8. The normalized spacial score (nSPS) is 12.5. The largest absolute Gasteiger partial charge is 0.343 e. The third kappa shape index (κ3) is 3.07. The van der Waals surface area contributed by atoms with E-state index < -0.39 is 14.5 Å². The number of nitriles is 1. The van der Waals surface area contributed by atoms with E-state index in [2.05, 4.69) is 6.07 Å². The van der Waals surface area contributed by atoms with Crippen LogP contribution < -0.4 is 0 Å². The Bertz CT molecular complexity index is 829. The van der Waals surface area contributed by atoms with Crippen LogP contribution >= 0.6 is 10.7 Å². The molecule has 2 rings (SSSR count). The van der Waals surface area contributed by atoms with Gasteiger partial charge in [0.15, 0.2) is 0 Å². The van der Waals surface area contributed by atoms with Crippen LogP contribution in [0.4, 0.5) is 0 Å². The van der Waals surface area contributed by atoms with Gasteiger partial charge >= 0.3 is 0 Å². The fraction of sp³-hybridized carbons (Fsp3) is 0.400. The van der Waals surface area contributed by atoms with E-state index in [1.807, 2.05) is 30.5 Å². The van der Waals surface area contributed by atoms with Gasteiger partial charge in [0.1, 0.15) is 4.90 Å². The van der Waals surface area contributed by atoms with Gasteiger partial charge in [-0.3, -0.25) is 0 Å². The van der Waals surface area contributed by atoms with Gasteiger partial charge in [0.05, 0.1) is 11.5 Å². The lowest BCUT2D eigenvalue weighted by Crippen LogP contribution is -2.13. The van der Waals surface area contributed by atoms with Crippen LogP contribution in [0.2, 0.25) is 0 Å². The van der Waals surface area contributed by atoms with Crippen molar-refractivity contribution in [2.24, 2.45) is 5.41 Å². The van der Waals surface area contributed by atoms with Gasteiger partial charge in [-0.15, -0.1) is 0 Å². The van der Waals surface area contributed by atoms with Crippen molar-refractivity contribution in [2.45, 2.75) is 38.6 Å². The number of rotatable bonds is 4. The molecule has 1 aromatic heterocycles. The van der Waals surface area contributed by atoms with Gasteiger partial charge in [-0.25, -0.2) is 8.42 Å². The zero-order valence-electron chi connectivity index (χ0n) is 12.2. The Morgan fingerprint density at radius 2 is 1.95 bits per heavy atom. The van der Waals surface area contributed by atoms with Crippen LogP contribution in [0.25, 0.3) is 10.9 Å². The lowest BCUT2D eigenvalue weighted by atomic mass is 9.91. The number of fused-ring (bicyclic) bond motifs is 1. The van der Waals surface area contributed by atoms with Crippen molar-refractivity contribution in [1.82, 2.24) is 4.57 Å². The quantitative estimate of drug-likeness (QED) is 0.803. The van der Waals surface area contributed by atoms with Gasteiger partial charge in [0, 0.05) is 33.8 Å². The zero-order valence-corrected chi connectivity index (χ0v) is 13.8. The standard InChI is InChI=1S/C15H17ClN2O2S/c1-11-14(21(16,19)20)12-6-4-5-7-13(12)18(11)9-8-15(2,3)10-17/h4-7H,8-9H2,1-3H3. The minimum absolute atomic E-state index is 0.162. The minimum Gasteiger partial charge on any atom is -0.343 e. The molecule has 1 aromatic carbocycles. The van der Waals surface area contributed by atoms with Crippen LogP contribution in [-0.4, -0.2) is 13.0 Å². The Kier molecular flexibility index (Phi) is 4.05. The van der Waals surface area contributed by atoms with E-state index in [1.165, 1.54) is 0 Å². The summed E-state index contributed by atoms with van der Waals surface area (Å²) in [7, 11) is 1.77. The molecule has 0 saturated heterocycles. The van der Waals surface area contributed by atoms with Crippen LogP contribution in [0.15, 0.2) is 29.2 Å². The highest BCUT2D eigenvalue weighted by Crippen LogP contribution is 2.33. The first-order valence-electron chi connectivity index (χ1n) is 6.61. The van der Waals surface area contributed by atoms with Gasteiger partial charge < -0.3 is 4.57 Å².